The molecule has 0 radical (unpaired) electrons. The molecule has 0 atom stereocenters. The number of benzene rings is 1. The molecule has 1 saturated heterocycles. The van der Waals surface area contributed by atoms with Gasteiger partial charge in [-0.3, -0.25) is 9.78 Å². The Hall–Kier alpha value is -2.56. The molecule has 0 aliphatic carbocycles. The molecule has 1 aromatic heterocycles. The molecule has 0 saturated carbocycles. The van der Waals surface area contributed by atoms with Gasteiger partial charge in [0.25, 0.3) is 5.91 Å². The van der Waals surface area contributed by atoms with Crippen LogP contribution in [0.5, 0.6) is 0 Å². The van der Waals surface area contributed by atoms with E-state index in [0.717, 1.165) is 31.9 Å². The normalized spacial score (nSPS) is 15.0. The Balaban J connectivity index is 1.66. The molecular formula is C17H20N4O. The van der Waals surface area contributed by atoms with Crippen molar-refractivity contribution in [2.75, 3.05) is 36.8 Å². The molecular weight excluding hydrogens is 276 g/mol. The van der Waals surface area contributed by atoms with Gasteiger partial charge in [-0.15, -0.1) is 0 Å². The van der Waals surface area contributed by atoms with Crippen molar-refractivity contribution in [1.29, 1.82) is 0 Å². The number of nitrogen functional groups attached to an aromatic ring is 1. The Bertz CT molecular complexity index is 664. The second kappa shape index (κ2) is 6.05. The summed E-state index contributed by atoms with van der Waals surface area (Å²) in [7, 11) is 0. The van der Waals surface area contributed by atoms with Crippen molar-refractivity contribution in [2.24, 2.45) is 0 Å². The zero-order valence-electron chi connectivity index (χ0n) is 12.7. The first kappa shape index (κ1) is 14.4. The average Bonchev–Trinajstić information content (AvgIpc) is 2.55. The Morgan fingerprint density at radius 1 is 1.18 bits per heavy atom. The van der Waals surface area contributed by atoms with Gasteiger partial charge in [0.15, 0.2) is 0 Å². The number of aromatic nitrogens is 1. The molecule has 5 nitrogen and oxygen atoms in total. The summed E-state index contributed by atoms with van der Waals surface area (Å²) in [6, 6.07) is 9.58. The molecule has 2 heterocycles. The summed E-state index contributed by atoms with van der Waals surface area (Å²) in [5.74, 6) is 0.0572. The van der Waals surface area contributed by atoms with Crippen LogP contribution in [0.25, 0.3) is 0 Å². The van der Waals surface area contributed by atoms with Gasteiger partial charge < -0.3 is 15.5 Å². The van der Waals surface area contributed by atoms with Crippen molar-refractivity contribution in [3.8, 4) is 0 Å². The van der Waals surface area contributed by atoms with Crippen molar-refractivity contribution < 1.29 is 4.79 Å². The summed E-state index contributed by atoms with van der Waals surface area (Å²) in [4.78, 5) is 20.6. The van der Waals surface area contributed by atoms with E-state index in [1.165, 1.54) is 11.3 Å². The number of carbonyl (C=O) groups is 1. The highest BCUT2D eigenvalue weighted by Crippen LogP contribution is 2.23. The monoisotopic (exact) mass is 296 g/mol. The molecule has 1 amide bonds. The summed E-state index contributed by atoms with van der Waals surface area (Å²) in [5, 5.41) is 0. The topological polar surface area (TPSA) is 62.5 Å². The first-order chi connectivity index (χ1) is 10.6. The van der Waals surface area contributed by atoms with Crippen molar-refractivity contribution >= 4 is 17.3 Å². The number of amides is 1. The van der Waals surface area contributed by atoms with E-state index in [9.17, 15) is 4.79 Å². The van der Waals surface area contributed by atoms with E-state index in [1.807, 2.05) is 23.1 Å². The van der Waals surface area contributed by atoms with Gasteiger partial charge in [0.05, 0.1) is 5.56 Å². The van der Waals surface area contributed by atoms with E-state index in [2.05, 4.69) is 22.9 Å². The summed E-state index contributed by atoms with van der Waals surface area (Å²) in [6.45, 7) is 5.17. The first-order valence-corrected chi connectivity index (χ1v) is 7.45. The number of anilines is 2. The fourth-order valence-corrected chi connectivity index (χ4v) is 2.86. The minimum absolute atomic E-state index is 0.0572. The lowest BCUT2D eigenvalue weighted by atomic mass is 10.1. The lowest BCUT2D eigenvalue weighted by molar-refractivity contribution is 0.0746. The predicted octanol–water partition coefficient (Wildman–Crippen LogP) is 1.93. The Labute approximate surface area is 130 Å². The van der Waals surface area contributed by atoms with Crippen LogP contribution in [0, 0.1) is 6.92 Å². The van der Waals surface area contributed by atoms with E-state index in [-0.39, 0.29) is 5.91 Å². The zero-order valence-corrected chi connectivity index (χ0v) is 12.7. The van der Waals surface area contributed by atoms with Crippen LogP contribution in [0.15, 0.2) is 42.7 Å². The van der Waals surface area contributed by atoms with Crippen molar-refractivity contribution in [3.63, 3.8) is 0 Å². The molecule has 5 heteroatoms. The van der Waals surface area contributed by atoms with Gasteiger partial charge in [0.2, 0.25) is 0 Å². The second-order valence-electron chi connectivity index (χ2n) is 5.57. The van der Waals surface area contributed by atoms with Crippen LogP contribution in [0.3, 0.4) is 0 Å². The van der Waals surface area contributed by atoms with Crippen LogP contribution in [-0.2, 0) is 0 Å². The zero-order chi connectivity index (χ0) is 15.5. The molecule has 1 fully saturated rings. The van der Waals surface area contributed by atoms with Crippen molar-refractivity contribution in [2.45, 2.75) is 6.92 Å². The van der Waals surface area contributed by atoms with Gasteiger partial charge in [0, 0.05) is 49.9 Å². The van der Waals surface area contributed by atoms with Gasteiger partial charge in [-0.05, 0) is 42.8 Å². The highest BCUT2D eigenvalue weighted by Gasteiger charge is 2.23. The molecule has 1 aromatic carbocycles. The minimum atomic E-state index is 0.0572. The number of pyridine rings is 1. The van der Waals surface area contributed by atoms with Gasteiger partial charge in [-0.2, -0.15) is 0 Å². The van der Waals surface area contributed by atoms with Gasteiger partial charge in [-0.25, -0.2) is 0 Å². The molecule has 1 aliphatic rings. The molecule has 3 rings (SSSR count). The molecule has 22 heavy (non-hydrogen) atoms. The Morgan fingerprint density at radius 2 is 1.95 bits per heavy atom. The van der Waals surface area contributed by atoms with Gasteiger partial charge >= 0.3 is 0 Å². The predicted molar refractivity (Wildman–Crippen MR) is 87.9 cm³/mol. The van der Waals surface area contributed by atoms with Crippen molar-refractivity contribution in [1.82, 2.24) is 9.88 Å². The summed E-state index contributed by atoms with van der Waals surface area (Å²) < 4.78 is 0. The van der Waals surface area contributed by atoms with Gasteiger partial charge in [-0.1, -0.05) is 0 Å². The maximum Gasteiger partial charge on any atom is 0.255 e. The molecule has 2 aromatic rings. The van der Waals surface area contributed by atoms with E-state index in [1.54, 1.807) is 18.5 Å². The quantitative estimate of drug-likeness (QED) is 0.860. The SMILES string of the molecule is Cc1cc(N)ccc1N1CCN(C(=O)c2cccnc2)CC1. The van der Waals surface area contributed by atoms with Crippen LogP contribution in [0.4, 0.5) is 11.4 Å². The number of carbonyl (C=O) groups excluding carboxylic acids is 1. The Morgan fingerprint density at radius 3 is 2.59 bits per heavy atom. The fraction of sp³-hybridized carbons (Fsp3) is 0.294. The fourth-order valence-electron chi connectivity index (χ4n) is 2.86. The summed E-state index contributed by atoms with van der Waals surface area (Å²) in [5.41, 5.74) is 9.61. The van der Waals surface area contributed by atoms with Crippen LogP contribution in [0.1, 0.15) is 15.9 Å². The standard InChI is InChI=1S/C17H20N4O/c1-13-11-15(18)4-5-16(13)20-7-9-21(10-8-20)17(22)14-3-2-6-19-12-14/h2-6,11-12H,7-10,18H2,1H3. The van der Waals surface area contributed by atoms with Crippen LogP contribution in [0.2, 0.25) is 0 Å². The van der Waals surface area contributed by atoms with Crippen LogP contribution >= 0.6 is 0 Å². The third kappa shape index (κ3) is 2.88. The lowest BCUT2D eigenvalue weighted by Gasteiger charge is -2.36. The number of aryl methyl sites for hydroxylation is 1. The maximum atomic E-state index is 12.4. The Kier molecular flexibility index (Phi) is 3.96. The van der Waals surface area contributed by atoms with Crippen LogP contribution in [-0.4, -0.2) is 42.0 Å². The summed E-state index contributed by atoms with van der Waals surface area (Å²) in [6.07, 6.45) is 3.30. The van der Waals surface area contributed by atoms with E-state index in [4.69, 9.17) is 5.73 Å². The highest BCUT2D eigenvalue weighted by atomic mass is 16.2. The number of rotatable bonds is 2. The molecule has 2 N–H and O–H groups in total. The highest BCUT2D eigenvalue weighted by molar-refractivity contribution is 5.94. The third-order valence-corrected chi connectivity index (χ3v) is 4.04. The molecule has 0 spiro atoms. The van der Waals surface area contributed by atoms with E-state index < -0.39 is 0 Å². The summed E-state index contributed by atoms with van der Waals surface area (Å²) >= 11 is 0. The van der Waals surface area contributed by atoms with E-state index >= 15 is 0 Å². The van der Waals surface area contributed by atoms with Crippen molar-refractivity contribution in [3.05, 3.63) is 53.9 Å². The first-order valence-electron chi connectivity index (χ1n) is 7.45. The number of hydrogen-bond acceptors (Lipinski definition) is 4. The number of nitrogens with zero attached hydrogens (tertiary/aromatic N) is 3. The molecule has 0 bridgehead atoms. The van der Waals surface area contributed by atoms with Gasteiger partial charge in [0.1, 0.15) is 0 Å². The minimum Gasteiger partial charge on any atom is -0.399 e. The maximum absolute atomic E-state index is 12.4. The average molecular weight is 296 g/mol. The smallest absolute Gasteiger partial charge is 0.255 e. The lowest BCUT2D eigenvalue weighted by Crippen LogP contribution is -2.49. The second-order valence-corrected chi connectivity index (χ2v) is 5.57. The number of piperazine rings is 1. The largest absolute Gasteiger partial charge is 0.399 e. The molecule has 114 valence electrons. The van der Waals surface area contributed by atoms with Crippen LogP contribution < -0.4 is 10.6 Å². The molecule has 1 aliphatic heterocycles. The number of nitrogens with two attached hydrogens (primary N) is 1. The van der Waals surface area contributed by atoms with E-state index in [0.29, 0.717) is 5.56 Å². The molecule has 0 unspecified atom stereocenters. The number of hydrogen-bond donors (Lipinski definition) is 1. The third-order valence-electron chi connectivity index (χ3n) is 4.04.